The van der Waals surface area contributed by atoms with Gasteiger partial charge in [-0.05, 0) is 37.8 Å². The lowest BCUT2D eigenvalue weighted by molar-refractivity contribution is 0.399. The minimum absolute atomic E-state index is 0.293. The van der Waals surface area contributed by atoms with Gasteiger partial charge in [-0.2, -0.15) is 0 Å². The highest BCUT2D eigenvalue weighted by molar-refractivity contribution is 7.89. The third-order valence-corrected chi connectivity index (χ3v) is 4.14. The van der Waals surface area contributed by atoms with Gasteiger partial charge in [0.05, 0.1) is 5.75 Å². The van der Waals surface area contributed by atoms with Crippen LogP contribution < -0.4 is 10.0 Å². The van der Waals surface area contributed by atoms with Crippen LogP contribution in [0.4, 0.5) is 0 Å². The molecule has 0 aromatic rings. The van der Waals surface area contributed by atoms with Crippen LogP contribution in [-0.2, 0) is 10.0 Å². The Labute approximate surface area is 92.9 Å². The minimum Gasteiger partial charge on any atom is -0.317 e. The van der Waals surface area contributed by atoms with E-state index in [2.05, 4.69) is 10.0 Å². The molecule has 0 amide bonds. The Balaban J connectivity index is 2.34. The van der Waals surface area contributed by atoms with Crippen LogP contribution in [0, 0.1) is 11.8 Å². The number of hydrogen-bond donors (Lipinski definition) is 2. The fraction of sp³-hybridized carbons (Fsp3) is 1.00. The van der Waals surface area contributed by atoms with E-state index in [4.69, 9.17) is 0 Å². The summed E-state index contributed by atoms with van der Waals surface area (Å²) in [6, 6.07) is 0. The van der Waals surface area contributed by atoms with Gasteiger partial charge in [0.1, 0.15) is 0 Å². The normalized spacial score (nSPS) is 19.7. The third-order valence-electron chi connectivity index (χ3n) is 2.63. The van der Waals surface area contributed by atoms with E-state index in [1.54, 1.807) is 0 Å². The molecule has 4 nitrogen and oxygen atoms in total. The number of nitrogens with one attached hydrogen (secondary N) is 2. The van der Waals surface area contributed by atoms with Gasteiger partial charge in [-0.25, -0.2) is 13.1 Å². The van der Waals surface area contributed by atoms with Gasteiger partial charge < -0.3 is 5.32 Å². The molecule has 1 saturated heterocycles. The predicted molar refractivity (Wildman–Crippen MR) is 62.2 cm³/mol. The van der Waals surface area contributed by atoms with Crippen LogP contribution in [0.3, 0.4) is 0 Å². The van der Waals surface area contributed by atoms with Crippen molar-refractivity contribution in [1.29, 1.82) is 0 Å². The maximum Gasteiger partial charge on any atom is 0.211 e. The summed E-state index contributed by atoms with van der Waals surface area (Å²) in [7, 11) is -3.05. The third kappa shape index (κ3) is 5.49. The summed E-state index contributed by atoms with van der Waals surface area (Å²) < 4.78 is 26.0. The average molecular weight is 234 g/mol. The molecule has 15 heavy (non-hydrogen) atoms. The van der Waals surface area contributed by atoms with Crippen LogP contribution >= 0.6 is 0 Å². The van der Waals surface area contributed by atoms with Crippen molar-refractivity contribution >= 4 is 10.0 Å². The fourth-order valence-corrected chi connectivity index (χ4v) is 3.37. The summed E-state index contributed by atoms with van der Waals surface area (Å²) in [6.45, 7) is 6.46. The van der Waals surface area contributed by atoms with Crippen molar-refractivity contribution in [2.75, 3.05) is 25.4 Å². The van der Waals surface area contributed by atoms with Crippen LogP contribution in [0.15, 0.2) is 0 Å². The lowest BCUT2D eigenvalue weighted by atomic mass is 10.0. The molecule has 0 aromatic heterocycles. The molecule has 0 radical (unpaired) electrons. The highest BCUT2D eigenvalue weighted by Crippen LogP contribution is 2.13. The van der Waals surface area contributed by atoms with E-state index in [9.17, 15) is 8.42 Å². The number of sulfonamides is 1. The molecule has 2 N–H and O–H groups in total. The number of hydrogen-bond acceptors (Lipinski definition) is 3. The lowest BCUT2D eigenvalue weighted by Gasteiger charge is -2.22. The van der Waals surface area contributed by atoms with E-state index in [-0.39, 0.29) is 0 Å². The fourth-order valence-electron chi connectivity index (χ4n) is 1.71. The SMILES string of the molecule is CC(C)CNS(=O)(=O)CC1CCNCC1. The average Bonchev–Trinajstić information content (AvgIpc) is 2.16. The summed E-state index contributed by atoms with van der Waals surface area (Å²) in [5.41, 5.74) is 0. The van der Waals surface area contributed by atoms with Crippen molar-refractivity contribution in [3.8, 4) is 0 Å². The predicted octanol–water partition coefficient (Wildman–Crippen LogP) is 0.561. The molecule has 1 aliphatic rings. The van der Waals surface area contributed by atoms with E-state index in [0.29, 0.717) is 24.1 Å². The van der Waals surface area contributed by atoms with E-state index in [1.807, 2.05) is 13.8 Å². The molecule has 0 bridgehead atoms. The van der Waals surface area contributed by atoms with Gasteiger partial charge in [0, 0.05) is 6.54 Å². The zero-order valence-electron chi connectivity index (χ0n) is 9.62. The van der Waals surface area contributed by atoms with Gasteiger partial charge in [0.2, 0.25) is 10.0 Å². The summed E-state index contributed by atoms with van der Waals surface area (Å²) >= 11 is 0. The second-order valence-electron chi connectivity index (χ2n) is 4.72. The van der Waals surface area contributed by atoms with Crippen LogP contribution in [-0.4, -0.2) is 33.8 Å². The van der Waals surface area contributed by atoms with Gasteiger partial charge in [0.15, 0.2) is 0 Å². The Morgan fingerprint density at radius 2 is 1.93 bits per heavy atom. The van der Waals surface area contributed by atoms with Crippen LogP contribution in [0.1, 0.15) is 26.7 Å². The van der Waals surface area contributed by atoms with Crippen molar-refractivity contribution in [2.45, 2.75) is 26.7 Å². The highest BCUT2D eigenvalue weighted by atomic mass is 32.2. The van der Waals surface area contributed by atoms with E-state index >= 15 is 0 Å². The molecule has 5 heteroatoms. The molecule has 0 aromatic carbocycles. The van der Waals surface area contributed by atoms with Crippen molar-refractivity contribution in [2.24, 2.45) is 11.8 Å². The van der Waals surface area contributed by atoms with Gasteiger partial charge in [-0.1, -0.05) is 13.8 Å². The standard InChI is InChI=1S/C10H22N2O2S/c1-9(2)7-12-15(13,14)8-10-3-5-11-6-4-10/h9-12H,3-8H2,1-2H3. The van der Waals surface area contributed by atoms with Gasteiger partial charge in [-0.3, -0.25) is 0 Å². The monoisotopic (exact) mass is 234 g/mol. The molecule has 1 heterocycles. The van der Waals surface area contributed by atoms with Crippen LogP contribution in [0.25, 0.3) is 0 Å². The Morgan fingerprint density at radius 1 is 1.33 bits per heavy atom. The molecular weight excluding hydrogens is 212 g/mol. The van der Waals surface area contributed by atoms with Gasteiger partial charge in [-0.15, -0.1) is 0 Å². The first-order valence-electron chi connectivity index (χ1n) is 5.67. The molecule has 0 aliphatic carbocycles. The largest absolute Gasteiger partial charge is 0.317 e. The Hall–Kier alpha value is -0.130. The molecule has 0 saturated carbocycles. The second-order valence-corrected chi connectivity index (χ2v) is 6.57. The molecule has 90 valence electrons. The van der Waals surface area contributed by atoms with Crippen molar-refractivity contribution < 1.29 is 8.42 Å². The van der Waals surface area contributed by atoms with E-state index in [1.165, 1.54) is 0 Å². The Morgan fingerprint density at radius 3 is 2.47 bits per heavy atom. The summed E-state index contributed by atoms with van der Waals surface area (Å²) in [5.74, 6) is 0.991. The smallest absolute Gasteiger partial charge is 0.211 e. The van der Waals surface area contributed by atoms with E-state index < -0.39 is 10.0 Å². The summed E-state index contributed by atoms with van der Waals surface area (Å²) in [6.07, 6.45) is 1.95. The molecular formula is C10H22N2O2S. The quantitative estimate of drug-likeness (QED) is 0.731. The minimum atomic E-state index is -3.05. The maximum atomic E-state index is 11.7. The molecule has 0 atom stereocenters. The number of piperidine rings is 1. The topological polar surface area (TPSA) is 58.2 Å². The van der Waals surface area contributed by atoms with Crippen molar-refractivity contribution in [3.63, 3.8) is 0 Å². The van der Waals surface area contributed by atoms with Crippen molar-refractivity contribution in [1.82, 2.24) is 10.0 Å². The van der Waals surface area contributed by atoms with Crippen LogP contribution in [0.5, 0.6) is 0 Å². The first-order valence-corrected chi connectivity index (χ1v) is 7.33. The number of rotatable bonds is 5. The van der Waals surface area contributed by atoms with Gasteiger partial charge in [0.25, 0.3) is 0 Å². The zero-order chi connectivity index (χ0) is 11.3. The summed E-state index contributed by atoms with van der Waals surface area (Å²) in [4.78, 5) is 0. The molecule has 1 rings (SSSR count). The van der Waals surface area contributed by atoms with Gasteiger partial charge >= 0.3 is 0 Å². The second kappa shape index (κ2) is 5.82. The van der Waals surface area contributed by atoms with Crippen molar-refractivity contribution in [3.05, 3.63) is 0 Å². The van der Waals surface area contributed by atoms with E-state index in [0.717, 1.165) is 25.9 Å². The Bertz CT molecular complexity index is 269. The zero-order valence-corrected chi connectivity index (χ0v) is 10.4. The van der Waals surface area contributed by atoms with Crippen LogP contribution in [0.2, 0.25) is 0 Å². The molecule has 0 spiro atoms. The first-order chi connectivity index (χ1) is 6.99. The lowest BCUT2D eigenvalue weighted by Crippen LogP contribution is -2.36. The molecule has 0 unspecified atom stereocenters. The summed E-state index contributed by atoms with van der Waals surface area (Å²) in [5, 5.41) is 3.24. The Kier molecular flexibility index (Phi) is 5.02. The first kappa shape index (κ1) is 12.9. The molecule has 1 fully saturated rings. The maximum absolute atomic E-state index is 11.7. The highest BCUT2D eigenvalue weighted by Gasteiger charge is 2.20. The molecule has 1 aliphatic heterocycles.